The number of oxazole rings is 1. The van der Waals surface area contributed by atoms with Crippen LogP contribution in [0.15, 0.2) is 46.9 Å². The van der Waals surface area contributed by atoms with Crippen molar-refractivity contribution in [3.8, 4) is 11.5 Å². The number of benzene rings is 2. The Morgan fingerprint density at radius 2 is 1.93 bits per heavy atom. The quantitative estimate of drug-likeness (QED) is 0.500. The molecule has 1 heterocycles. The first-order chi connectivity index (χ1) is 14.5. The van der Waals surface area contributed by atoms with E-state index in [9.17, 15) is 5.11 Å². The third kappa shape index (κ3) is 5.95. The molecule has 0 aliphatic rings. The van der Waals surface area contributed by atoms with Crippen LogP contribution in [0, 0.1) is 0 Å². The summed E-state index contributed by atoms with van der Waals surface area (Å²) in [4.78, 5) is 6.54. The van der Waals surface area contributed by atoms with Gasteiger partial charge in [-0.1, -0.05) is 18.2 Å². The van der Waals surface area contributed by atoms with Crippen molar-refractivity contribution in [3.05, 3.63) is 53.9 Å². The molecule has 0 saturated carbocycles. The smallest absolute Gasteiger partial charge is 0.209 e. The van der Waals surface area contributed by atoms with Crippen molar-refractivity contribution in [2.75, 3.05) is 27.3 Å². The molecule has 0 aliphatic heterocycles. The third-order valence-electron chi connectivity index (χ3n) is 4.98. The first kappa shape index (κ1) is 22.1. The summed E-state index contributed by atoms with van der Waals surface area (Å²) in [6.45, 7) is 6.11. The van der Waals surface area contributed by atoms with Crippen LogP contribution in [0.5, 0.6) is 11.5 Å². The van der Waals surface area contributed by atoms with Crippen molar-refractivity contribution < 1.29 is 19.0 Å². The maximum absolute atomic E-state index is 10.2. The van der Waals surface area contributed by atoms with Gasteiger partial charge in [0.25, 0.3) is 0 Å². The number of aromatic nitrogens is 1. The molecule has 0 unspecified atom stereocenters. The Bertz CT molecular complexity index is 908. The van der Waals surface area contributed by atoms with E-state index < -0.39 is 6.10 Å². The second-order valence-corrected chi connectivity index (χ2v) is 7.66. The lowest BCUT2D eigenvalue weighted by molar-refractivity contribution is 0.0668. The maximum Gasteiger partial charge on any atom is 0.209 e. The largest absolute Gasteiger partial charge is 0.493 e. The zero-order valence-electron chi connectivity index (χ0n) is 18.1. The van der Waals surface area contributed by atoms with Gasteiger partial charge >= 0.3 is 0 Å². The van der Waals surface area contributed by atoms with Crippen LogP contribution in [0.2, 0.25) is 0 Å². The lowest BCUT2D eigenvalue weighted by atomic mass is 10.2. The number of nitrogens with zero attached hydrogens (tertiary/aromatic N) is 2. The molecule has 3 aromatic rings. The number of hydrogen-bond donors (Lipinski definition) is 2. The van der Waals surface area contributed by atoms with Crippen molar-refractivity contribution in [2.45, 2.75) is 39.1 Å². The molecule has 0 radical (unpaired) electrons. The van der Waals surface area contributed by atoms with E-state index >= 15 is 0 Å². The van der Waals surface area contributed by atoms with Crippen LogP contribution in [0.1, 0.15) is 25.3 Å². The Hall–Kier alpha value is -2.61. The Labute approximate surface area is 177 Å². The van der Waals surface area contributed by atoms with Gasteiger partial charge in [-0.15, -0.1) is 0 Å². The number of aliphatic hydroxyl groups is 1. The molecule has 0 spiro atoms. The van der Waals surface area contributed by atoms with E-state index in [4.69, 9.17) is 13.9 Å². The van der Waals surface area contributed by atoms with Crippen LogP contribution < -0.4 is 14.8 Å². The SMILES string of the molecule is COc1cc(CNCc2nc3ccccc3o2)ccc1OC[C@@H](O)CN(C)C(C)C. The highest BCUT2D eigenvalue weighted by Gasteiger charge is 2.13. The van der Waals surface area contributed by atoms with Crippen LogP contribution in [0.4, 0.5) is 0 Å². The minimum atomic E-state index is -0.570. The Kier molecular flexibility index (Phi) is 7.68. The molecule has 0 bridgehead atoms. The molecule has 1 aromatic heterocycles. The van der Waals surface area contributed by atoms with E-state index in [1.54, 1.807) is 7.11 Å². The Morgan fingerprint density at radius 3 is 2.67 bits per heavy atom. The highest BCUT2D eigenvalue weighted by molar-refractivity contribution is 5.72. The number of rotatable bonds is 11. The summed E-state index contributed by atoms with van der Waals surface area (Å²) in [6.07, 6.45) is -0.570. The first-order valence-electron chi connectivity index (χ1n) is 10.2. The number of methoxy groups -OCH3 is 1. The number of nitrogens with one attached hydrogen (secondary N) is 1. The maximum atomic E-state index is 10.2. The van der Waals surface area contributed by atoms with Crippen molar-refractivity contribution in [1.82, 2.24) is 15.2 Å². The summed E-state index contributed by atoms with van der Waals surface area (Å²) in [5.41, 5.74) is 2.70. The lowest BCUT2D eigenvalue weighted by Crippen LogP contribution is -2.36. The standard InChI is InChI=1S/C23H31N3O4/c1-16(2)26(3)14-18(27)15-29-21-10-9-17(11-22(21)28-4)12-24-13-23-25-19-7-5-6-8-20(19)30-23/h5-11,16,18,24,27H,12-15H2,1-4H3/t18-/m0/s1. The zero-order valence-corrected chi connectivity index (χ0v) is 18.1. The molecular weight excluding hydrogens is 382 g/mol. The van der Waals surface area contributed by atoms with Gasteiger partial charge in [-0.25, -0.2) is 4.98 Å². The molecule has 2 N–H and O–H groups in total. The van der Waals surface area contributed by atoms with Crippen molar-refractivity contribution in [1.29, 1.82) is 0 Å². The average molecular weight is 414 g/mol. The van der Waals surface area contributed by atoms with Gasteiger partial charge in [0.2, 0.25) is 5.89 Å². The van der Waals surface area contributed by atoms with Crippen LogP contribution >= 0.6 is 0 Å². The number of para-hydroxylation sites is 2. The highest BCUT2D eigenvalue weighted by Crippen LogP contribution is 2.28. The van der Waals surface area contributed by atoms with Gasteiger partial charge in [0.1, 0.15) is 18.2 Å². The highest BCUT2D eigenvalue weighted by atomic mass is 16.5. The first-order valence-corrected chi connectivity index (χ1v) is 10.2. The van der Waals surface area contributed by atoms with Gasteiger partial charge in [0.15, 0.2) is 17.1 Å². The fraction of sp³-hybridized carbons (Fsp3) is 0.435. The number of likely N-dealkylation sites (N-methyl/N-ethyl adjacent to an activating group) is 1. The Morgan fingerprint density at radius 1 is 1.13 bits per heavy atom. The summed E-state index contributed by atoms with van der Waals surface area (Å²) in [5.74, 6) is 1.91. The number of aliphatic hydroxyl groups excluding tert-OH is 1. The molecule has 2 aromatic carbocycles. The van der Waals surface area contributed by atoms with Crippen molar-refractivity contribution >= 4 is 11.1 Å². The van der Waals surface area contributed by atoms with Crippen LogP contribution in [-0.2, 0) is 13.1 Å². The minimum absolute atomic E-state index is 0.211. The molecule has 0 saturated heterocycles. The summed E-state index contributed by atoms with van der Waals surface area (Å²) < 4.78 is 17.0. The summed E-state index contributed by atoms with van der Waals surface area (Å²) >= 11 is 0. The molecular formula is C23H31N3O4. The lowest BCUT2D eigenvalue weighted by Gasteiger charge is -2.24. The fourth-order valence-corrected chi connectivity index (χ4v) is 3.03. The van der Waals surface area contributed by atoms with Gasteiger partial charge in [-0.3, -0.25) is 0 Å². The van der Waals surface area contributed by atoms with Gasteiger partial charge < -0.3 is 29.2 Å². The normalized spacial score (nSPS) is 12.6. The van der Waals surface area contributed by atoms with Crippen molar-refractivity contribution in [2.24, 2.45) is 0 Å². The topological polar surface area (TPSA) is 80.0 Å². The monoisotopic (exact) mass is 413 g/mol. The van der Waals surface area contributed by atoms with Crippen LogP contribution in [0.3, 0.4) is 0 Å². The summed E-state index contributed by atoms with van der Waals surface area (Å²) in [5, 5.41) is 13.5. The Balaban J connectivity index is 1.51. The number of fused-ring (bicyclic) bond motifs is 1. The van der Waals surface area contributed by atoms with Crippen molar-refractivity contribution in [3.63, 3.8) is 0 Å². The molecule has 7 heteroatoms. The molecule has 7 nitrogen and oxygen atoms in total. The minimum Gasteiger partial charge on any atom is -0.493 e. The van der Waals surface area contributed by atoms with Gasteiger partial charge in [0.05, 0.1) is 13.7 Å². The second-order valence-electron chi connectivity index (χ2n) is 7.66. The second kappa shape index (κ2) is 10.4. The molecule has 0 amide bonds. The fourth-order valence-electron chi connectivity index (χ4n) is 3.03. The molecule has 0 fully saturated rings. The van der Waals surface area contributed by atoms with E-state index in [1.807, 2.05) is 49.5 Å². The van der Waals surface area contributed by atoms with Crippen LogP contribution in [-0.4, -0.2) is 54.4 Å². The van der Waals surface area contributed by atoms with E-state index in [-0.39, 0.29) is 6.61 Å². The van der Waals surface area contributed by atoms with E-state index in [0.29, 0.717) is 43.1 Å². The van der Waals surface area contributed by atoms with Gasteiger partial charge in [-0.2, -0.15) is 0 Å². The third-order valence-corrected chi connectivity index (χ3v) is 4.98. The number of hydrogen-bond acceptors (Lipinski definition) is 7. The zero-order chi connectivity index (χ0) is 21.5. The molecule has 0 aliphatic carbocycles. The molecule has 162 valence electrons. The molecule has 1 atom stereocenters. The summed E-state index contributed by atoms with van der Waals surface area (Å²) in [7, 11) is 3.60. The molecule has 3 rings (SSSR count). The van der Waals surface area contributed by atoms with E-state index in [2.05, 4.69) is 29.0 Å². The van der Waals surface area contributed by atoms with Gasteiger partial charge in [0, 0.05) is 19.1 Å². The predicted molar refractivity (Wildman–Crippen MR) is 117 cm³/mol. The average Bonchev–Trinajstić information content (AvgIpc) is 3.15. The van der Waals surface area contributed by atoms with Crippen LogP contribution in [0.25, 0.3) is 11.1 Å². The van der Waals surface area contributed by atoms with E-state index in [0.717, 1.165) is 16.7 Å². The van der Waals surface area contributed by atoms with Gasteiger partial charge in [-0.05, 0) is 50.7 Å². The van der Waals surface area contributed by atoms with E-state index in [1.165, 1.54) is 0 Å². The predicted octanol–water partition coefficient (Wildman–Crippen LogP) is 3.21. The number of ether oxygens (including phenoxy) is 2. The summed E-state index contributed by atoms with van der Waals surface area (Å²) in [6, 6.07) is 13.9. The molecule has 30 heavy (non-hydrogen) atoms.